The van der Waals surface area contributed by atoms with Gasteiger partial charge in [-0.15, -0.1) is 0 Å². The zero-order chi connectivity index (χ0) is 22.9. The topological polar surface area (TPSA) is 109 Å². The number of rotatable bonds is 10. The molecule has 168 valence electrons. The quantitative estimate of drug-likeness (QED) is 0.210. The third-order valence-electron chi connectivity index (χ3n) is 4.34. The van der Waals surface area contributed by atoms with E-state index in [9.17, 15) is 9.18 Å². The number of esters is 1. The predicted octanol–water partition coefficient (Wildman–Crippen LogP) is 4.03. The number of halogens is 1. The first-order chi connectivity index (χ1) is 15.5. The summed E-state index contributed by atoms with van der Waals surface area (Å²) < 4.78 is 29.1. The Morgan fingerprint density at radius 3 is 2.69 bits per heavy atom. The number of hydroxylamine groups is 1. The molecule has 0 spiro atoms. The molecule has 3 rings (SSSR count). The SMILES string of the molecule is CCCONC(=COc1cc(CN)cc(C(=O)OC)c1)c1cc(-c2ccc(F)cc2)no1. The number of carbonyl (C=O) groups excluding carboxylic acids is 1. The van der Waals surface area contributed by atoms with Crippen molar-refractivity contribution in [3.63, 3.8) is 0 Å². The maximum Gasteiger partial charge on any atom is 0.337 e. The van der Waals surface area contributed by atoms with Crippen LogP contribution in [-0.2, 0) is 16.1 Å². The van der Waals surface area contributed by atoms with E-state index >= 15 is 0 Å². The number of nitrogens with zero attached hydrogens (tertiary/aromatic N) is 1. The van der Waals surface area contributed by atoms with Gasteiger partial charge in [0, 0.05) is 18.2 Å². The number of benzene rings is 2. The Balaban J connectivity index is 1.87. The number of hydrogen-bond donors (Lipinski definition) is 2. The molecule has 0 aliphatic rings. The van der Waals surface area contributed by atoms with Gasteiger partial charge in [-0.05, 0) is 54.4 Å². The number of ether oxygens (including phenoxy) is 2. The summed E-state index contributed by atoms with van der Waals surface area (Å²) in [6.07, 6.45) is 2.17. The summed E-state index contributed by atoms with van der Waals surface area (Å²) in [7, 11) is 1.30. The maximum absolute atomic E-state index is 13.2. The molecule has 3 aromatic rings. The third kappa shape index (κ3) is 5.93. The molecule has 0 bridgehead atoms. The Labute approximate surface area is 184 Å². The molecule has 0 saturated carbocycles. The van der Waals surface area contributed by atoms with Crippen molar-refractivity contribution in [1.29, 1.82) is 0 Å². The van der Waals surface area contributed by atoms with Crippen molar-refractivity contribution < 1.29 is 28.0 Å². The van der Waals surface area contributed by atoms with E-state index in [0.29, 0.717) is 46.2 Å². The molecule has 0 aliphatic heterocycles. The average Bonchev–Trinajstić information content (AvgIpc) is 3.31. The molecule has 0 atom stereocenters. The van der Waals surface area contributed by atoms with Gasteiger partial charge in [-0.2, -0.15) is 0 Å². The van der Waals surface area contributed by atoms with Crippen molar-refractivity contribution in [2.45, 2.75) is 19.9 Å². The summed E-state index contributed by atoms with van der Waals surface area (Å²) in [6.45, 7) is 2.64. The van der Waals surface area contributed by atoms with Gasteiger partial charge in [-0.1, -0.05) is 12.1 Å². The highest BCUT2D eigenvalue weighted by atomic mass is 19.1. The standard InChI is InChI=1S/C23H24FN3O5/c1-3-8-31-26-21(22-12-20(27-32-22)16-4-6-18(24)7-5-16)14-30-19-10-15(13-25)9-17(11-19)23(28)29-2/h4-7,9-12,14,26H,3,8,13,25H2,1-2H3. The van der Waals surface area contributed by atoms with Crippen molar-refractivity contribution in [3.05, 3.63) is 77.5 Å². The summed E-state index contributed by atoms with van der Waals surface area (Å²) in [6, 6.07) is 12.4. The highest BCUT2D eigenvalue weighted by Gasteiger charge is 2.14. The minimum Gasteiger partial charge on any atom is -0.465 e. The van der Waals surface area contributed by atoms with Gasteiger partial charge in [0.1, 0.15) is 29.2 Å². The number of nitrogens with one attached hydrogen (secondary N) is 1. The second-order valence-electron chi connectivity index (χ2n) is 6.74. The van der Waals surface area contributed by atoms with Crippen molar-refractivity contribution in [2.75, 3.05) is 13.7 Å². The first-order valence-electron chi connectivity index (χ1n) is 9.94. The monoisotopic (exact) mass is 441 g/mol. The Kier molecular flexibility index (Phi) is 7.96. The van der Waals surface area contributed by atoms with Crippen LogP contribution in [0.2, 0.25) is 0 Å². The van der Waals surface area contributed by atoms with Crippen molar-refractivity contribution in [1.82, 2.24) is 10.6 Å². The van der Waals surface area contributed by atoms with Gasteiger partial charge < -0.3 is 19.7 Å². The molecule has 2 aromatic carbocycles. The lowest BCUT2D eigenvalue weighted by molar-refractivity contribution is 0.0600. The molecule has 0 radical (unpaired) electrons. The van der Waals surface area contributed by atoms with E-state index in [1.165, 1.54) is 31.6 Å². The van der Waals surface area contributed by atoms with Crippen LogP contribution >= 0.6 is 0 Å². The predicted molar refractivity (Wildman–Crippen MR) is 116 cm³/mol. The van der Waals surface area contributed by atoms with Gasteiger partial charge in [-0.25, -0.2) is 9.18 Å². The van der Waals surface area contributed by atoms with Crippen LogP contribution in [0.1, 0.15) is 35.0 Å². The minimum atomic E-state index is -0.502. The molecule has 32 heavy (non-hydrogen) atoms. The Bertz CT molecular complexity index is 1080. The van der Waals surface area contributed by atoms with Gasteiger partial charge in [0.25, 0.3) is 0 Å². The molecular weight excluding hydrogens is 417 g/mol. The van der Waals surface area contributed by atoms with E-state index in [4.69, 9.17) is 24.6 Å². The normalized spacial score (nSPS) is 11.3. The fourth-order valence-electron chi connectivity index (χ4n) is 2.73. The number of hydrogen-bond acceptors (Lipinski definition) is 8. The smallest absolute Gasteiger partial charge is 0.337 e. The summed E-state index contributed by atoms with van der Waals surface area (Å²) >= 11 is 0. The van der Waals surface area contributed by atoms with E-state index in [-0.39, 0.29) is 12.4 Å². The lowest BCUT2D eigenvalue weighted by Gasteiger charge is -2.10. The van der Waals surface area contributed by atoms with Crippen LogP contribution in [0.3, 0.4) is 0 Å². The fraction of sp³-hybridized carbons (Fsp3) is 0.217. The van der Waals surface area contributed by atoms with Crippen LogP contribution in [0.4, 0.5) is 4.39 Å². The molecule has 8 nitrogen and oxygen atoms in total. The van der Waals surface area contributed by atoms with Crippen LogP contribution in [0.15, 0.2) is 59.3 Å². The molecule has 0 aliphatic carbocycles. The van der Waals surface area contributed by atoms with Crippen LogP contribution in [-0.4, -0.2) is 24.8 Å². The van der Waals surface area contributed by atoms with Gasteiger partial charge in [0.05, 0.1) is 19.3 Å². The first-order valence-corrected chi connectivity index (χ1v) is 9.94. The van der Waals surface area contributed by atoms with Crippen molar-refractivity contribution in [2.24, 2.45) is 5.73 Å². The molecule has 9 heteroatoms. The molecule has 1 heterocycles. The Morgan fingerprint density at radius 2 is 2.00 bits per heavy atom. The molecule has 0 amide bonds. The van der Waals surface area contributed by atoms with Crippen LogP contribution < -0.4 is 16.0 Å². The largest absolute Gasteiger partial charge is 0.465 e. The van der Waals surface area contributed by atoms with E-state index < -0.39 is 5.97 Å². The number of nitrogens with two attached hydrogens (primary N) is 1. The van der Waals surface area contributed by atoms with Crippen LogP contribution in [0.5, 0.6) is 5.75 Å². The van der Waals surface area contributed by atoms with E-state index in [2.05, 4.69) is 10.6 Å². The lowest BCUT2D eigenvalue weighted by atomic mass is 10.1. The van der Waals surface area contributed by atoms with Gasteiger partial charge in [0.15, 0.2) is 5.76 Å². The van der Waals surface area contributed by atoms with Crippen molar-refractivity contribution >= 4 is 11.7 Å². The number of methoxy groups -OCH3 is 1. The summed E-state index contributed by atoms with van der Waals surface area (Å²) in [5.41, 5.74) is 11.1. The molecular formula is C23H24FN3O5. The molecule has 0 fully saturated rings. The Hall–Kier alpha value is -3.69. The van der Waals surface area contributed by atoms with Crippen molar-refractivity contribution in [3.8, 4) is 17.0 Å². The van der Waals surface area contributed by atoms with E-state index in [1.54, 1.807) is 30.3 Å². The van der Waals surface area contributed by atoms with E-state index in [1.807, 2.05) is 6.92 Å². The third-order valence-corrected chi connectivity index (χ3v) is 4.34. The molecule has 0 saturated heterocycles. The summed E-state index contributed by atoms with van der Waals surface area (Å²) in [4.78, 5) is 17.3. The fourth-order valence-corrected chi connectivity index (χ4v) is 2.73. The highest BCUT2D eigenvalue weighted by molar-refractivity contribution is 5.90. The summed E-state index contributed by atoms with van der Waals surface area (Å²) in [5.74, 6) is -0.130. The van der Waals surface area contributed by atoms with Gasteiger partial charge in [0.2, 0.25) is 0 Å². The average molecular weight is 441 g/mol. The first kappa shape index (κ1) is 23.0. The second kappa shape index (κ2) is 11.1. The molecule has 3 N–H and O–H groups in total. The second-order valence-corrected chi connectivity index (χ2v) is 6.74. The summed E-state index contributed by atoms with van der Waals surface area (Å²) in [5, 5.41) is 4.03. The number of carbonyl (C=O) groups is 1. The maximum atomic E-state index is 13.2. The minimum absolute atomic E-state index is 0.221. The lowest BCUT2D eigenvalue weighted by Crippen LogP contribution is -2.14. The highest BCUT2D eigenvalue weighted by Crippen LogP contribution is 2.24. The Morgan fingerprint density at radius 1 is 1.22 bits per heavy atom. The molecule has 1 aromatic heterocycles. The number of aromatic nitrogens is 1. The van der Waals surface area contributed by atoms with Gasteiger partial charge in [-0.3, -0.25) is 10.3 Å². The zero-order valence-corrected chi connectivity index (χ0v) is 17.8. The van der Waals surface area contributed by atoms with Gasteiger partial charge >= 0.3 is 5.97 Å². The molecule has 0 unspecified atom stereocenters. The zero-order valence-electron chi connectivity index (χ0n) is 17.8. The van der Waals surface area contributed by atoms with Crippen LogP contribution in [0.25, 0.3) is 17.0 Å². The van der Waals surface area contributed by atoms with E-state index in [0.717, 1.165) is 6.42 Å². The van der Waals surface area contributed by atoms with Crippen LogP contribution in [0, 0.1) is 5.82 Å².